The molecule has 1 aromatic carbocycles. The van der Waals surface area contributed by atoms with Gasteiger partial charge in [0.25, 0.3) is 5.60 Å². The zero-order valence-electron chi connectivity index (χ0n) is 14.7. The standard InChI is InChI=1S/C19H22O5S/c1-12-9-10-25-15(12)14-7-5-13(6-8-14)11-19(16(20)21,17(22)23)24-18(2,3)4/h5-10H,11H2,1-4H3,(H,20,21)(H,22,23). The van der Waals surface area contributed by atoms with Gasteiger partial charge in [-0.15, -0.1) is 11.3 Å². The minimum Gasteiger partial charge on any atom is -0.479 e. The van der Waals surface area contributed by atoms with E-state index in [0.717, 1.165) is 10.4 Å². The highest BCUT2D eigenvalue weighted by molar-refractivity contribution is 7.13. The van der Waals surface area contributed by atoms with E-state index in [2.05, 4.69) is 0 Å². The Morgan fingerprint density at radius 1 is 1.04 bits per heavy atom. The summed E-state index contributed by atoms with van der Waals surface area (Å²) in [5.41, 5.74) is -0.459. The molecule has 0 unspecified atom stereocenters. The van der Waals surface area contributed by atoms with Crippen LogP contribution in [-0.4, -0.2) is 33.4 Å². The van der Waals surface area contributed by atoms with Gasteiger partial charge in [-0.1, -0.05) is 24.3 Å². The summed E-state index contributed by atoms with van der Waals surface area (Å²) in [6, 6.07) is 9.28. The fraction of sp³-hybridized carbons (Fsp3) is 0.368. The summed E-state index contributed by atoms with van der Waals surface area (Å²) in [5.74, 6) is -3.01. The van der Waals surface area contributed by atoms with Gasteiger partial charge in [-0.2, -0.15) is 0 Å². The van der Waals surface area contributed by atoms with Gasteiger partial charge in [0.1, 0.15) is 0 Å². The SMILES string of the molecule is Cc1ccsc1-c1ccc(CC(OC(C)(C)C)(C(=O)O)C(=O)O)cc1. The van der Waals surface area contributed by atoms with Crippen molar-refractivity contribution in [2.45, 2.75) is 45.3 Å². The lowest BCUT2D eigenvalue weighted by Gasteiger charge is -2.33. The van der Waals surface area contributed by atoms with Crippen molar-refractivity contribution in [3.05, 3.63) is 46.8 Å². The second-order valence-corrected chi connectivity index (χ2v) is 7.87. The Morgan fingerprint density at radius 2 is 1.60 bits per heavy atom. The number of carboxylic acid groups (broad SMARTS) is 2. The van der Waals surface area contributed by atoms with Crippen molar-refractivity contribution in [1.29, 1.82) is 0 Å². The van der Waals surface area contributed by atoms with Gasteiger partial charge in [-0.25, -0.2) is 9.59 Å². The average molecular weight is 362 g/mol. The maximum absolute atomic E-state index is 11.7. The van der Waals surface area contributed by atoms with Crippen LogP contribution in [0.15, 0.2) is 35.7 Å². The average Bonchev–Trinajstić information content (AvgIpc) is 2.91. The highest BCUT2D eigenvalue weighted by Crippen LogP contribution is 2.31. The molecule has 0 aliphatic heterocycles. The van der Waals surface area contributed by atoms with Gasteiger partial charge in [0.2, 0.25) is 0 Å². The lowest BCUT2D eigenvalue weighted by Crippen LogP contribution is -2.54. The molecular weight excluding hydrogens is 340 g/mol. The van der Waals surface area contributed by atoms with Gasteiger partial charge in [-0.3, -0.25) is 0 Å². The molecule has 0 saturated carbocycles. The molecule has 1 aromatic heterocycles. The fourth-order valence-electron chi connectivity index (χ4n) is 2.62. The topological polar surface area (TPSA) is 83.8 Å². The number of aliphatic carboxylic acids is 2. The summed E-state index contributed by atoms with van der Waals surface area (Å²) in [4.78, 5) is 24.6. The number of carbonyl (C=O) groups is 2. The first-order valence-electron chi connectivity index (χ1n) is 7.85. The van der Waals surface area contributed by atoms with E-state index in [1.54, 1.807) is 44.2 Å². The van der Waals surface area contributed by atoms with Gasteiger partial charge in [0.05, 0.1) is 5.60 Å². The third-order valence-corrected chi connectivity index (χ3v) is 4.77. The van der Waals surface area contributed by atoms with E-state index < -0.39 is 23.1 Å². The van der Waals surface area contributed by atoms with Gasteiger partial charge in [-0.05, 0) is 55.8 Å². The highest BCUT2D eigenvalue weighted by Gasteiger charge is 2.50. The lowest BCUT2D eigenvalue weighted by atomic mass is 9.92. The molecule has 0 aliphatic carbocycles. The summed E-state index contributed by atoms with van der Waals surface area (Å²) in [6.07, 6.45) is -0.251. The van der Waals surface area contributed by atoms with Crippen molar-refractivity contribution in [2.24, 2.45) is 0 Å². The minimum absolute atomic E-state index is 0.251. The number of benzene rings is 1. The Bertz CT molecular complexity index is 754. The first-order chi connectivity index (χ1) is 11.5. The molecule has 0 bridgehead atoms. The monoisotopic (exact) mass is 362 g/mol. The molecule has 0 amide bonds. The molecule has 0 radical (unpaired) electrons. The Kier molecular flexibility index (Phi) is 5.34. The predicted octanol–water partition coefficient (Wildman–Crippen LogP) is 3.99. The molecule has 2 aromatic rings. The third-order valence-electron chi connectivity index (χ3n) is 3.70. The van der Waals surface area contributed by atoms with E-state index >= 15 is 0 Å². The Labute approximate surface area is 150 Å². The predicted molar refractivity (Wildman–Crippen MR) is 97.0 cm³/mol. The highest BCUT2D eigenvalue weighted by atomic mass is 32.1. The van der Waals surface area contributed by atoms with Gasteiger partial charge in [0, 0.05) is 11.3 Å². The Balaban J connectivity index is 2.34. The Hall–Kier alpha value is -2.18. The maximum atomic E-state index is 11.7. The molecule has 0 atom stereocenters. The summed E-state index contributed by atoms with van der Waals surface area (Å²) >= 11 is 1.63. The van der Waals surface area contributed by atoms with Crippen LogP contribution in [0.2, 0.25) is 0 Å². The smallest absolute Gasteiger partial charge is 0.348 e. The van der Waals surface area contributed by atoms with Crippen molar-refractivity contribution >= 4 is 23.3 Å². The molecule has 25 heavy (non-hydrogen) atoms. The van der Waals surface area contributed by atoms with E-state index in [1.165, 1.54) is 5.56 Å². The normalized spacial score (nSPS) is 12.2. The molecular formula is C19H22O5S. The number of aryl methyl sites for hydroxylation is 1. The number of rotatable bonds is 6. The molecule has 5 nitrogen and oxygen atoms in total. The number of ether oxygens (including phenoxy) is 1. The number of hydrogen-bond acceptors (Lipinski definition) is 4. The largest absolute Gasteiger partial charge is 0.479 e. The van der Waals surface area contributed by atoms with Gasteiger partial charge < -0.3 is 14.9 Å². The first-order valence-corrected chi connectivity index (χ1v) is 8.73. The van der Waals surface area contributed by atoms with Crippen LogP contribution in [0.25, 0.3) is 10.4 Å². The van der Waals surface area contributed by atoms with Crippen LogP contribution in [0.5, 0.6) is 0 Å². The third kappa shape index (κ3) is 4.27. The van der Waals surface area contributed by atoms with E-state index in [4.69, 9.17) is 4.74 Å². The van der Waals surface area contributed by atoms with Crippen molar-refractivity contribution < 1.29 is 24.5 Å². The first kappa shape index (κ1) is 19.1. The quantitative estimate of drug-likeness (QED) is 0.759. The van der Waals surface area contributed by atoms with Crippen molar-refractivity contribution in [2.75, 3.05) is 0 Å². The Morgan fingerprint density at radius 3 is 2.00 bits per heavy atom. The summed E-state index contributed by atoms with van der Waals surface area (Å²) in [6.45, 7) is 6.93. The van der Waals surface area contributed by atoms with Crippen LogP contribution >= 0.6 is 11.3 Å². The van der Waals surface area contributed by atoms with Crippen molar-refractivity contribution in [1.82, 2.24) is 0 Å². The van der Waals surface area contributed by atoms with Crippen LogP contribution in [0.4, 0.5) is 0 Å². The maximum Gasteiger partial charge on any atom is 0.348 e. The molecule has 2 rings (SSSR count). The zero-order chi connectivity index (χ0) is 18.8. The summed E-state index contributed by atoms with van der Waals surface area (Å²) in [7, 11) is 0. The number of thiophene rings is 1. The van der Waals surface area contributed by atoms with Crippen LogP contribution in [0.3, 0.4) is 0 Å². The molecule has 1 heterocycles. The van der Waals surface area contributed by atoms with E-state index in [1.807, 2.05) is 30.5 Å². The zero-order valence-corrected chi connectivity index (χ0v) is 15.5. The molecule has 134 valence electrons. The van der Waals surface area contributed by atoms with Crippen LogP contribution < -0.4 is 0 Å². The second-order valence-electron chi connectivity index (χ2n) is 6.96. The van der Waals surface area contributed by atoms with Gasteiger partial charge >= 0.3 is 11.9 Å². The van der Waals surface area contributed by atoms with Crippen molar-refractivity contribution in [3.8, 4) is 10.4 Å². The van der Waals surface area contributed by atoms with Crippen LogP contribution in [0.1, 0.15) is 31.9 Å². The van der Waals surface area contributed by atoms with E-state index in [0.29, 0.717) is 5.56 Å². The molecule has 2 N–H and O–H groups in total. The van der Waals surface area contributed by atoms with Crippen LogP contribution in [0, 0.1) is 6.92 Å². The summed E-state index contributed by atoms with van der Waals surface area (Å²) in [5, 5.41) is 21.1. The second kappa shape index (κ2) is 6.98. The number of carboxylic acids is 2. The van der Waals surface area contributed by atoms with E-state index in [-0.39, 0.29) is 6.42 Å². The van der Waals surface area contributed by atoms with Crippen molar-refractivity contribution in [3.63, 3.8) is 0 Å². The minimum atomic E-state index is -2.32. The number of hydrogen-bond donors (Lipinski definition) is 2. The molecule has 0 spiro atoms. The molecule has 0 aliphatic rings. The molecule has 0 saturated heterocycles. The van der Waals surface area contributed by atoms with E-state index in [9.17, 15) is 19.8 Å². The fourth-order valence-corrected chi connectivity index (χ4v) is 3.55. The van der Waals surface area contributed by atoms with Crippen LogP contribution in [-0.2, 0) is 20.7 Å². The molecule has 0 fully saturated rings. The molecule has 6 heteroatoms. The summed E-state index contributed by atoms with van der Waals surface area (Å²) < 4.78 is 5.48. The van der Waals surface area contributed by atoms with Gasteiger partial charge in [0.15, 0.2) is 0 Å². The lowest BCUT2D eigenvalue weighted by molar-refractivity contribution is -0.199.